The molecular formula is C22H25FN6O3. The summed E-state index contributed by atoms with van der Waals surface area (Å²) in [6, 6.07) is 11.1. The molecule has 32 heavy (non-hydrogen) atoms. The topological polar surface area (TPSA) is 128 Å². The molecule has 0 radical (unpaired) electrons. The smallest absolute Gasteiger partial charge is 0.315 e. The molecule has 0 saturated heterocycles. The van der Waals surface area contributed by atoms with Gasteiger partial charge in [0.15, 0.2) is 5.82 Å². The quantitative estimate of drug-likeness (QED) is 0.229. The SMILES string of the molecule is CC(Nc1cc(NCCO)c([N+](=O)[O-])c(Nc2cc(C3CC3)[nH]n2)c1)c1ccc(F)cc1. The number of nitrogens with one attached hydrogen (secondary N) is 4. The molecular weight excluding hydrogens is 415 g/mol. The third kappa shape index (κ3) is 4.97. The number of aromatic nitrogens is 2. The Morgan fingerprint density at radius 1 is 1.25 bits per heavy atom. The number of hydrogen-bond donors (Lipinski definition) is 5. The van der Waals surface area contributed by atoms with Crippen LogP contribution in [-0.4, -0.2) is 33.4 Å². The molecule has 10 heteroatoms. The van der Waals surface area contributed by atoms with Gasteiger partial charge in [0.05, 0.1) is 11.5 Å². The summed E-state index contributed by atoms with van der Waals surface area (Å²) in [5.41, 5.74) is 2.88. The Morgan fingerprint density at radius 2 is 1.97 bits per heavy atom. The van der Waals surface area contributed by atoms with Crippen LogP contribution in [0.15, 0.2) is 42.5 Å². The summed E-state index contributed by atoms with van der Waals surface area (Å²) in [7, 11) is 0. The Kier molecular flexibility index (Phi) is 6.22. The maximum atomic E-state index is 13.3. The molecule has 1 saturated carbocycles. The first-order valence-corrected chi connectivity index (χ1v) is 10.5. The molecule has 0 spiro atoms. The minimum absolute atomic E-state index is 0.144. The van der Waals surface area contributed by atoms with Crippen molar-refractivity contribution in [3.8, 4) is 0 Å². The van der Waals surface area contributed by atoms with Gasteiger partial charge in [-0.15, -0.1) is 0 Å². The van der Waals surface area contributed by atoms with Crippen molar-refractivity contribution in [3.05, 3.63) is 69.7 Å². The molecule has 168 valence electrons. The number of nitro groups is 1. The van der Waals surface area contributed by atoms with E-state index in [4.69, 9.17) is 0 Å². The van der Waals surface area contributed by atoms with Crippen LogP contribution in [0.3, 0.4) is 0 Å². The van der Waals surface area contributed by atoms with E-state index >= 15 is 0 Å². The van der Waals surface area contributed by atoms with E-state index in [1.54, 1.807) is 24.3 Å². The fraction of sp³-hybridized carbons (Fsp3) is 0.318. The van der Waals surface area contributed by atoms with Gasteiger partial charge in [0.1, 0.15) is 17.2 Å². The number of benzene rings is 2. The van der Waals surface area contributed by atoms with E-state index in [-0.39, 0.29) is 42.1 Å². The molecule has 4 rings (SSSR count). The zero-order chi connectivity index (χ0) is 22.7. The number of anilines is 4. The zero-order valence-corrected chi connectivity index (χ0v) is 17.6. The lowest BCUT2D eigenvalue weighted by molar-refractivity contribution is -0.383. The number of aliphatic hydroxyl groups excluding tert-OH is 1. The number of aliphatic hydroxyl groups is 1. The molecule has 3 aromatic rings. The highest BCUT2D eigenvalue weighted by Crippen LogP contribution is 2.41. The van der Waals surface area contributed by atoms with Crippen molar-refractivity contribution in [2.45, 2.75) is 31.7 Å². The second-order valence-corrected chi connectivity index (χ2v) is 7.85. The predicted octanol–water partition coefficient (Wildman–Crippen LogP) is 4.66. The van der Waals surface area contributed by atoms with Crippen LogP contribution in [0.25, 0.3) is 0 Å². The molecule has 1 heterocycles. The standard InChI is InChI=1S/C22H25FN6O3/c1-13(14-4-6-16(23)7-5-14)25-17-10-19(24-8-9-30)22(29(31)32)20(11-17)26-21-12-18(27-28-21)15-2-3-15/h4-7,10-13,15,24-25,30H,2-3,8-9H2,1H3,(H2,26,27,28). The number of nitro benzene ring substituents is 1. The van der Waals surface area contributed by atoms with Gasteiger partial charge in [-0.05, 0) is 49.6 Å². The summed E-state index contributed by atoms with van der Waals surface area (Å²) in [6.45, 7) is 1.90. The molecule has 0 amide bonds. The Balaban J connectivity index is 1.66. The Labute approximate surface area is 184 Å². The van der Waals surface area contributed by atoms with Crippen LogP contribution in [0.4, 0.5) is 33.0 Å². The van der Waals surface area contributed by atoms with E-state index < -0.39 is 4.92 Å². The van der Waals surface area contributed by atoms with Gasteiger partial charge in [-0.3, -0.25) is 15.2 Å². The minimum atomic E-state index is -0.469. The normalized spacial score (nSPS) is 14.1. The molecule has 2 aromatic carbocycles. The molecule has 1 aromatic heterocycles. The van der Waals surface area contributed by atoms with Gasteiger partial charge in [0.2, 0.25) is 0 Å². The summed E-state index contributed by atoms with van der Waals surface area (Å²) in [5.74, 6) is 0.647. The highest BCUT2D eigenvalue weighted by Gasteiger charge is 2.27. The number of hydrogen-bond acceptors (Lipinski definition) is 7. The summed E-state index contributed by atoms with van der Waals surface area (Å²) in [6.07, 6.45) is 2.22. The van der Waals surface area contributed by atoms with Crippen LogP contribution in [0.1, 0.15) is 43.0 Å². The first kappa shape index (κ1) is 21.6. The van der Waals surface area contributed by atoms with Crippen molar-refractivity contribution in [2.24, 2.45) is 0 Å². The van der Waals surface area contributed by atoms with Gasteiger partial charge in [-0.1, -0.05) is 12.1 Å². The van der Waals surface area contributed by atoms with Gasteiger partial charge >= 0.3 is 5.69 Å². The summed E-state index contributed by atoms with van der Waals surface area (Å²) in [5, 5.41) is 37.6. The van der Waals surface area contributed by atoms with Gasteiger partial charge in [0.25, 0.3) is 0 Å². The first-order valence-electron chi connectivity index (χ1n) is 10.5. The van der Waals surface area contributed by atoms with Gasteiger partial charge < -0.3 is 21.1 Å². The van der Waals surface area contributed by atoms with Crippen LogP contribution in [0, 0.1) is 15.9 Å². The molecule has 0 bridgehead atoms. The molecule has 5 N–H and O–H groups in total. The summed E-state index contributed by atoms with van der Waals surface area (Å²) >= 11 is 0. The number of aromatic amines is 1. The average molecular weight is 440 g/mol. The number of nitrogens with zero attached hydrogens (tertiary/aromatic N) is 2. The van der Waals surface area contributed by atoms with E-state index in [1.165, 1.54) is 12.1 Å². The van der Waals surface area contributed by atoms with E-state index in [0.717, 1.165) is 24.1 Å². The fourth-order valence-electron chi connectivity index (χ4n) is 3.56. The lowest BCUT2D eigenvalue weighted by Gasteiger charge is -2.18. The van der Waals surface area contributed by atoms with Gasteiger partial charge in [0, 0.05) is 36.0 Å². The van der Waals surface area contributed by atoms with E-state index in [1.807, 2.05) is 13.0 Å². The largest absolute Gasteiger partial charge is 0.395 e. The molecule has 1 atom stereocenters. The van der Waals surface area contributed by atoms with Crippen LogP contribution in [0.5, 0.6) is 0 Å². The molecule has 1 aliphatic rings. The van der Waals surface area contributed by atoms with Crippen molar-refractivity contribution >= 4 is 28.6 Å². The number of H-pyrrole nitrogens is 1. The predicted molar refractivity (Wildman–Crippen MR) is 121 cm³/mol. The van der Waals surface area contributed by atoms with Crippen LogP contribution in [0.2, 0.25) is 0 Å². The Hall–Kier alpha value is -3.66. The lowest BCUT2D eigenvalue weighted by Crippen LogP contribution is -2.11. The number of halogens is 1. The van der Waals surface area contributed by atoms with Gasteiger partial charge in [-0.25, -0.2) is 4.39 Å². The van der Waals surface area contributed by atoms with Crippen molar-refractivity contribution in [1.82, 2.24) is 10.2 Å². The van der Waals surface area contributed by atoms with E-state index in [2.05, 4.69) is 26.1 Å². The van der Waals surface area contributed by atoms with Crippen LogP contribution >= 0.6 is 0 Å². The summed E-state index contributed by atoms with van der Waals surface area (Å²) < 4.78 is 13.3. The molecule has 1 fully saturated rings. The third-order valence-electron chi connectivity index (χ3n) is 5.35. The fourth-order valence-corrected chi connectivity index (χ4v) is 3.56. The van der Waals surface area contributed by atoms with Crippen molar-refractivity contribution in [1.29, 1.82) is 0 Å². The van der Waals surface area contributed by atoms with E-state index in [9.17, 15) is 19.6 Å². The maximum Gasteiger partial charge on any atom is 0.315 e. The second kappa shape index (κ2) is 9.23. The third-order valence-corrected chi connectivity index (χ3v) is 5.35. The molecule has 1 aliphatic carbocycles. The average Bonchev–Trinajstić information content (AvgIpc) is 3.51. The Morgan fingerprint density at radius 3 is 2.62 bits per heavy atom. The Bertz CT molecular complexity index is 1100. The minimum Gasteiger partial charge on any atom is -0.395 e. The zero-order valence-electron chi connectivity index (χ0n) is 17.6. The van der Waals surface area contributed by atoms with Crippen molar-refractivity contribution < 1.29 is 14.4 Å². The summed E-state index contributed by atoms with van der Waals surface area (Å²) in [4.78, 5) is 11.4. The molecule has 0 aliphatic heterocycles. The monoisotopic (exact) mass is 440 g/mol. The van der Waals surface area contributed by atoms with Crippen LogP contribution < -0.4 is 16.0 Å². The molecule has 1 unspecified atom stereocenters. The number of rotatable bonds is 10. The maximum absolute atomic E-state index is 13.3. The lowest BCUT2D eigenvalue weighted by atomic mass is 10.1. The van der Waals surface area contributed by atoms with Crippen molar-refractivity contribution in [2.75, 3.05) is 29.1 Å². The highest BCUT2D eigenvalue weighted by molar-refractivity contribution is 5.84. The van der Waals surface area contributed by atoms with Crippen LogP contribution in [-0.2, 0) is 0 Å². The second-order valence-electron chi connectivity index (χ2n) is 7.85. The first-order chi connectivity index (χ1) is 15.4. The molecule has 9 nitrogen and oxygen atoms in total. The van der Waals surface area contributed by atoms with Gasteiger partial charge in [-0.2, -0.15) is 5.10 Å². The highest BCUT2D eigenvalue weighted by atomic mass is 19.1. The van der Waals surface area contributed by atoms with E-state index in [0.29, 0.717) is 17.4 Å². The van der Waals surface area contributed by atoms with Crippen molar-refractivity contribution in [3.63, 3.8) is 0 Å².